The molecule has 1 saturated heterocycles. The van der Waals surface area contributed by atoms with E-state index in [1.165, 1.54) is 64.5 Å². The van der Waals surface area contributed by atoms with Gasteiger partial charge in [-0.05, 0) is 43.9 Å². The summed E-state index contributed by atoms with van der Waals surface area (Å²) in [6.07, 6.45) is 11.2. The fourth-order valence-electron chi connectivity index (χ4n) is 3.98. The number of nitrogens with zero attached hydrogens (tertiary/aromatic N) is 1. The molecule has 3 rings (SSSR count). The minimum atomic E-state index is 0.503. The Morgan fingerprint density at radius 2 is 1.53 bits per heavy atom. The molecule has 1 heterocycles. The molecule has 86 valence electrons. The molecule has 0 unspecified atom stereocenters. The van der Waals surface area contributed by atoms with Crippen molar-refractivity contribution in [3.63, 3.8) is 0 Å². The van der Waals surface area contributed by atoms with E-state index in [1.54, 1.807) is 0 Å². The van der Waals surface area contributed by atoms with Gasteiger partial charge in [-0.2, -0.15) is 0 Å². The molecule has 0 aromatic carbocycles. The fourth-order valence-corrected chi connectivity index (χ4v) is 3.98. The number of nitrogens with two attached hydrogens (primary N) is 1. The van der Waals surface area contributed by atoms with E-state index in [9.17, 15) is 0 Å². The molecule has 2 heteroatoms. The summed E-state index contributed by atoms with van der Waals surface area (Å²) in [6, 6.07) is 1.39. The number of hydrogen-bond acceptors (Lipinski definition) is 2. The maximum Gasteiger partial charge on any atom is 0.00968 e. The third-order valence-corrected chi connectivity index (χ3v) is 5.00. The van der Waals surface area contributed by atoms with Gasteiger partial charge in [-0.1, -0.05) is 12.8 Å². The normalized spacial score (nSPS) is 40.6. The molecule has 3 fully saturated rings. The molecule has 0 aromatic heterocycles. The van der Waals surface area contributed by atoms with Crippen molar-refractivity contribution in [1.29, 1.82) is 0 Å². The maximum atomic E-state index is 5.95. The summed E-state index contributed by atoms with van der Waals surface area (Å²) in [4.78, 5) is 2.75. The molecule has 15 heavy (non-hydrogen) atoms. The quantitative estimate of drug-likeness (QED) is 0.715. The minimum Gasteiger partial charge on any atom is -0.328 e. The first-order valence-electron chi connectivity index (χ1n) is 6.77. The van der Waals surface area contributed by atoms with Crippen LogP contribution in [0.25, 0.3) is 0 Å². The topological polar surface area (TPSA) is 29.3 Å². The van der Waals surface area contributed by atoms with Gasteiger partial charge in [0.2, 0.25) is 0 Å². The van der Waals surface area contributed by atoms with Crippen LogP contribution in [0, 0.1) is 5.41 Å². The number of rotatable bonds is 1. The Morgan fingerprint density at radius 3 is 2.13 bits per heavy atom. The average Bonchev–Trinajstić information content (AvgIpc) is 2.66. The highest BCUT2D eigenvalue weighted by molar-refractivity contribution is 5.00. The molecule has 0 amide bonds. The lowest BCUT2D eigenvalue weighted by atomic mass is 9.75. The highest BCUT2D eigenvalue weighted by atomic mass is 15.2. The van der Waals surface area contributed by atoms with Crippen molar-refractivity contribution in [2.45, 2.75) is 63.5 Å². The van der Waals surface area contributed by atoms with Crippen LogP contribution < -0.4 is 5.73 Å². The van der Waals surface area contributed by atoms with Gasteiger partial charge in [0.1, 0.15) is 0 Å². The van der Waals surface area contributed by atoms with Crippen molar-refractivity contribution in [1.82, 2.24) is 4.90 Å². The Labute approximate surface area is 93.2 Å². The molecule has 0 aromatic rings. The van der Waals surface area contributed by atoms with E-state index in [0.717, 1.165) is 11.5 Å². The second kappa shape index (κ2) is 3.74. The van der Waals surface area contributed by atoms with E-state index in [-0.39, 0.29) is 0 Å². The molecular weight excluding hydrogens is 184 g/mol. The molecule has 1 aliphatic heterocycles. The number of likely N-dealkylation sites (tertiary alicyclic amines) is 1. The van der Waals surface area contributed by atoms with Gasteiger partial charge in [-0.3, -0.25) is 4.90 Å². The van der Waals surface area contributed by atoms with E-state index in [4.69, 9.17) is 5.73 Å². The molecular formula is C13H24N2. The van der Waals surface area contributed by atoms with E-state index in [0.29, 0.717) is 6.04 Å². The molecule has 3 aliphatic rings. The highest BCUT2D eigenvalue weighted by Crippen LogP contribution is 2.47. The zero-order valence-electron chi connectivity index (χ0n) is 9.75. The van der Waals surface area contributed by atoms with Crippen LogP contribution in [0.4, 0.5) is 0 Å². The van der Waals surface area contributed by atoms with Gasteiger partial charge in [0.25, 0.3) is 0 Å². The molecule has 1 spiro atoms. The number of hydrogen-bond donors (Lipinski definition) is 1. The Kier molecular flexibility index (Phi) is 2.52. The second-order valence-corrected chi connectivity index (χ2v) is 6.18. The van der Waals surface area contributed by atoms with E-state index < -0.39 is 0 Å². The molecule has 2 N–H and O–H groups in total. The summed E-state index contributed by atoms with van der Waals surface area (Å²) in [6.45, 7) is 2.82. The Bertz CT molecular complexity index is 217. The predicted molar refractivity (Wildman–Crippen MR) is 62.7 cm³/mol. The predicted octanol–water partition coefficient (Wildman–Crippen LogP) is 2.13. The van der Waals surface area contributed by atoms with Crippen LogP contribution in [0.2, 0.25) is 0 Å². The van der Waals surface area contributed by atoms with Crippen molar-refractivity contribution in [3.05, 3.63) is 0 Å². The molecule has 2 saturated carbocycles. The lowest BCUT2D eigenvalue weighted by Crippen LogP contribution is -2.59. The molecule has 0 radical (unpaired) electrons. The third-order valence-electron chi connectivity index (χ3n) is 5.00. The zero-order valence-corrected chi connectivity index (χ0v) is 9.75. The fraction of sp³-hybridized carbons (Fsp3) is 1.00. The van der Waals surface area contributed by atoms with Crippen molar-refractivity contribution < 1.29 is 0 Å². The summed E-state index contributed by atoms with van der Waals surface area (Å²) >= 11 is 0. The van der Waals surface area contributed by atoms with Gasteiger partial charge in [0.05, 0.1) is 0 Å². The summed E-state index contributed by atoms with van der Waals surface area (Å²) < 4.78 is 0. The second-order valence-electron chi connectivity index (χ2n) is 6.18. The standard InChI is InChI=1S/C13H24N2/c14-11-3-5-12(6-4-11)15-9-13(10-15)7-1-2-8-13/h11-12H,1-10,14H2. The largest absolute Gasteiger partial charge is 0.328 e. The minimum absolute atomic E-state index is 0.503. The Morgan fingerprint density at radius 1 is 0.933 bits per heavy atom. The lowest BCUT2D eigenvalue weighted by Gasteiger charge is -2.53. The van der Waals surface area contributed by atoms with Crippen LogP contribution in [0.1, 0.15) is 51.4 Å². The zero-order chi connectivity index (χ0) is 10.3. The van der Waals surface area contributed by atoms with Crippen molar-refractivity contribution >= 4 is 0 Å². The van der Waals surface area contributed by atoms with Gasteiger partial charge in [0.15, 0.2) is 0 Å². The van der Waals surface area contributed by atoms with E-state index >= 15 is 0 Å². The van der Waals surface area contributed by atoms with Gasteiger partial charge in [-0.15, -0.1) is 0 Å². The van der Waals surface area contributed by atoms with Gasteiger partial charge in [-0.25, -0.2) is 0 Å². The monoisotopic (exact) mass is 208 g/mol. The Hall–Kier alpha value is -0.0800. The van der Waals surface area contributed by atoms with Crippen molar-refractivity contribution in [3.8, 4) is 0 Å². The van der Waals surface area contributed by atoms with Crippen LogP contribution in [-0.2, 0) is 0 Å². The van der Waals surface area contributed by atoms with Crippen LogP contribution in [0.3, 0.4) is 0 Å². The van der Waals surface area contributed by atoms with Gasteiger partial charge in [0, 0.05) is 25.2 Å². The van der Waals surface area contributed by atoms with Crippen LogP contribution in [0.5, 0.6) is 0 Å². The van der Waals surface area contributed by atoms with E-state index in [2.05, 4.69) is 4.90 Å². The molecule has 2 aliphatic carbocycles. The SMILES string of the molecule is NC1CCC(N2CC3(CCCC3)C2)CC1. The Balaban J connectivity index is 1.50. The van der Waals surface area contributed by atoms with Crippen molar-refractivity contribution in [2.75, 3.05) is 13.1 Å². The maximum absolute atomic E-state index is 5.95. The average molecular weight is 208 g/mol. The summed E-state index contributed by atoms with van der Waals surface area (Å²) in [5.74, 6) is 0. The molecule has 0 atom stereocenters. The summed E-state index contributed by atoms with van der Waals surface area (Å²) in [7, 11) is 0. The van der Waals surface area contributed by atoms with Crippen LogP contribution in [0.15, 0.2) is 0 Å². The first-order valence-corrected chi connectivity index (χ1v) is 6.77. The van der Waals surface area contributed by atoms with Crippen LogP contribution >= 0.6 is 0 Å². The molecule has 0 bridgehead atoms. The van der Waals surface area contributed by atoms with Crippen LogP contribution in [-0.4, -0.2) is 30.1 Å². The lowest BCUT2D eigenvalue weighted by molar-refractivity contribution is -0.0379. The first-order chi connectivity index (χ1) is 7.27. The van der Waals surface area contributed by atoms with Gasteiger partial charge < -0.3 is 5.73 Å². The smallest absolute Gasteiger partial charge is 0.00968 e. The summed E-state index contributed by atoms with van der Waals surface area (Å²) in [5, 5.41) is 0. The molecule has 2 nitrogen and oxygen atoms in total. The van der Waals surface area contributed by atoms with Crippen molar-refractivity contribution in [2.24, 2.45) is 11.1 Å². The first kappa shape index (κ1) is 10.1. The summed E-state index contributed by atoms with van der Waals surface area (Å²) in [5.41, 5.74) is 6.73. The van der Waals surface area contributed by atoms with E-state index in [1.807, 2.05) is 0 Å². The highest BCUT2D eigenvalue weighted by Gasteiger charge is 2.46. The van der Waals surface area contributed by atoms with Gasteiger partial charge >= 0.3 is 0 Å². The third kappa shape index (κ3) is 1.83.